The van der Waals surface area contributed by atoms with Gasteiger partial charge in [-0.25, -0.2) is 4.39 Å². The Labute approximate surface area is 125 Å². The van der Waals surface area contributed by atoms with E-state index in [1.807, 2.05) is 24.1 Å². The molecule has 0 aromatic heterocycles. The second kappa shape index (κ2) is 6.05. The highest BCUT2D eigenvalue weighted by Crippen LogP contribution is 2.27. The zero-order chi connectivity index (χ0) is 14.7. The highest BCUT2D eigenvalue weighted by molar-refractivity contribution is 9.10. The van der Waals surface area contributed by atoms with Crippen LogP contribution in [0.15, 0.2) is 46.9 Å². The van der Waals surface area contributed by atoms with E-state index in [1.54, 1.807) is 18.2 Å². The monoisotopic (exact) mass is 335 g/mol. The van der Waals surface area contributed by atoms with Gasteiger partial charge in [0.2, 0.25) is 0 Å². The highest BCUT2D eigenvalue weighted by Gasteiger charge is 2.08. The van der Waals surface area contributed by atoms with E-state index in [4.69, 9.17) is 11.1 Å². The maximum Gasteiger partial charge on any atom is 0.123 e. The molecular weight excluding hydrogens is 321 g/mol. The molecule has 0 heterocycles. The molecule has 20 heavy (non-hydrogen) atoms. The summed E-state index contributed by atoms with van der Waals surface area (Å²) >= 11 is 3.48. The van der Waals surface area contributed by atoms with Crippen molar-refractivity contribution in [1.82, 2.24) is 0 Å². The smallest absolute Gasteiger partial charge is 0.123 e. The topological polar surface area (TPSA) is 53.1 Å². The Morgan fingerprint density at radius 1 is 1.30 bits per heavy atom. The van der Waals surface area contributed by atoms with Crippen molar-refractivity contribution in [2.24, 2.45) is 5.73 Å². The van der Waals surface area contributed by atoms with E-state index in [0.29, 0.717) is 12.1 Å². The van der Waals surface area contributed by atoms with E-state index in [9.17, 15) is 4.39 Å². The molecule has 0 saturated heterocycles. The molecule has 2 aromatic carbocycles. The number of nitrogens with zero attached hydrogens (tertiary/aromatic N) is 1. The summed E-state index contributed by atoms with van der Waals surface area (Å²) in [6.07, 6.45) is 0. The van der Waals surface area contributed by atoms with Crippen LogP contribution in [0.2, 0.25) is 0 Å². The van der Waals surface area contributed by atoms with Gasteiger partial charge < -0.3 is 10.6 Å². The van der Waals surface area contributed by atoms with Gasteiger partial charge in [0, 0.05) is 23.6 Å². The van der Waals surface area contributed by atoms with Crippen LogP contribution in [0.25, 0.3) is 0 Å². The Morgan fingerprint density at radius 3 is 2.65 bits per heavy atom. The molecule has 3 nitrogen and oxygen atoms in total. The Hall–Kier alpha value is -1.88. The van der Waals surface area contributed by atoms with Gasteiger partial charge in [0.25, 0.3) is 0 Å². The number of hydrogen-bond acceptors (Lipinski definition) is 2. The molecule has 104 valence electrons. The van der Waals surface area contributed by atoms with E-state index in [-0.39, 0.29) is 11.7 Å². The molecule has 3 N–H and O–H groups in total. The minimum Gasteiger partial charge on any atom is -0.384 e. The molecular formula is C15H15BrFN3. The van der Waals surface area contributed by atoms with Gasteiger partial charge in [-0.1, -0.05) is 12.1 Å². The standard InChI is InChI=1S/C15H15BrFN3/c1-20(9-10-3-2-4-12(17)7-10)14-6-5-11(15(18)19)8-13(14)16/h2-8H,9H2,1H3,(H3,18,19). The number of rotatable bonds is 4. The largest absolute Gasteiger partial charge is 0.384 e. The number of nitrogens with two attached hydrogens (primary N) is 1. The second-order valence-electron chi connectivity index (χ2n) is 4.57. The first-order valence-electron chi connectivity index (χ1n) is 6.07. The van der Waals surface area contributed by atoms with Crippen molar-refractivity contribution >= 4 is 27.5 Å². The number of amidine groups is 1. The molecule has 0 saturated carbocycles. The van der Waals surface area contributed by atoms with Crippen LogP contribution < -0.4 is 10.6 Å². The lowest BCUT2D eigenvalue weighted by molar-refractivity contribution is 0.625. The zero-order valence-electron chi connectivity index (χ0n) is 11.0. The zero-order valence-corrected chi connectivity index (χ0v) is 12.6. The molecule has 0 fully saturated rings. The number of anilines is 1. The van der Waals surface area contributed by atoms with Gasteiger partial charge in [0.15, 0.2) is 0 Å². The lowest BCUT2D eigenvalue weighted by Crippen LogP contribution is -2.18. The van der Waals surface area contributed by atoms with Gasteiger partial charge >= 0.3 is 0 Å². The number of benzene rings is 2. The SMILES string of the molecule is CN(Cc1cccc(F)c1)c1ccc(C(=N)N)cc1Br. The predicted molar refractivity (Wildman–Crippen MR) is 83.7 cm³/mol. The van der Waals surface area contributed by atoms with E-state index in [1.165, 1.54) is 12.1 Å². The Kier molecular flexibility index (Phi) is 4.39. The average Bonchev–Trinajstić information content (AvgIpc) is 2.38. The molecule has 0 aliphatic heterocycles. The quantitative estimate of drug-likeness (QED) is 0.663. The molecule has 0 radical (unpaired) electrons. The summed E-state index contributed by atoms with van der Waals surface area (Å²) in [5, 5.41) is 7.41. The van der Waals surface area contributed by atoms with Crippen LogP contribution in [0, 0.1) is 11.2 Å². The van der Waals surface area contributed by atoms with Crippen molar-refractivity contribution in [1.29, 1.82) is 5.41 Å². The molecule has 0 aliphatic carbocycles. The van der Waals surface area contributed by atoms with Gasteiger partial charge in [0.05, 0.1) is 5.69 Å². The molecule has 2 aromatic rings. The molecule has 0 atom stereocenters. The normalized spacial score (nSPS) is 10.3. The molecule has 0 amide bonds. The van der Waals surface area contributed by atoms with Gasteiger partial charge in [-0.2, -0.15) is 0 Å². The third-order valence-corrected chi connectivity index (χ3v) is 3.61. The second-order valence-corrected chi connectivity index (χ2v) is 5.42. The van der Waals surface area contributed by atoms with Crippen molar-refractivity contribution in [3.05, 3.63) is 63.9 Å². The highest BCUT2D eigenvalue weighted by atomic mass is 79.9. The Bertz CT molecular complexity index is 643. The van der Waals surface area contributed by atoms with Gasteiger partial charge in [-0.15, -0.1) is 0 Å². The van der Waals surface area contributed by atoms with Crippen molar-refractivity contribution < 1.29 is 4.39 Å². The summed E-state index contributed by atoms with van der Waals surface area (Å²) in [5.74, 6) is -0.202. The molecule has 0 spiro atoms. The van der Waals surface area contributed by atoms with Crippen LogP contribution >= 0.6 is 15.9 Å². The van der Waals surface area contributed by atoms with Crippen molar-refractivity contribution in [3.8, 4) is 0 Å². The number of nitrogen functional groups attached to an aromatic ring is 1. The molecule has 2 rings (SSSR count). The molecule has 0 aliphatic rings. The average molecular weight is 336 g/mol. The van der Waals surface area contributed by atoms with Crippen LogP contribution in [0.5, 0.6) is 0 Å². The summed E-state index contributed by atoms with van der Waals surface area (Å²) in [6.45, 7) is 0.593. The van der Waals surface area contributed by atoms with Gasteiger partial charge in [-0.3, -0.25) is 5.41 Å². The van der Waals surface area contributed by atoms with Gasteiger partial charge in [0.1, 0.15) is 11.7 Å². The number of hydrogen-bond donors (Lipinski definition) is 2. The summed E-state index contributed by atoms with van der Waals surface area (Å²) in [7, 11) is 1.93. The third kappa shape index (κ3) is 3.36. The van der Waals surface area contributed by atoms with E-state index < -0.39 is 0 Å². The van der Waals surface area contributed by atoms with Crippen LogP contribution in [0.3, 0.4) is 0 Å². The number of halogens is 2. The van der Waals surface area contributed by atoms with E-state index in [2.05, 4.69) is 15.9 Å². The summed E-state index contributed by atoms with van der Waals surface area (Å²) in [5.41, 5.74) is 7.98. The maximum atomic E-state index is 13.2. The summed E-state index contributed by atoms with van der Waals surface area (Å²) in [4.78, 5) is 2.00. The molecule has 5 heteroatoms. The minimum atomic E-state index is -0.234. The van der Waals surface area contributed by atoms with Gasteiger partial charge in [-0.05, 0) is 51.8 Å². The maximum absolute atomic E-state index is 13.2. The minimum absolute atomic E-state index is 0.0324. The molecule has 0 unspecified atom stereocenters. The van der Waals surface area contributed by atoms with E-state index >= 15 is 0 Å². The first-order valence-corrected chi connectivity index (χ1v) is 6.86. The lowest BCUT2D eigenvalue weighted by atomic mass is 10.1. The Morgan fingerprint density at radius 2 is 2.05 bits per heavy atom. The summed E-state index contributed by atoms with van der Waals surface area (Å²) in [6, 6.07) is 12.0. The fourth-order valence-electron chi connectivity index (χ4n) is 1.98. The van der Waals surface area contributed by atoms with Crippen LogP contribution in [-0.4, -0.2) is 12.9 Å². The third-order valence-electron chi connectivity index (χ3n) is 2.98. The van der Waals surface area contributed by atoms with Crippen molar-refractivity contribution in [2.45, 2.75) is 6.54 Å². The van der Waals surface area contributed by atoms with Crippen LogP contribution in [-0.2, 0) is 6.54 Å². The summed E-state index contributed by atoms with van der Waals surface area (Å²) < 4.78 is 14.0. The number of nitrogens with one attached hydrogen (secondary N) is 1. The van der Waals surface area contributed by atoms with E-state index in [0.717, 1.165) is 15.7 Å². The van der Waals surface area contributed by atoms with Crippen LogP contribution in [0.4, 0.5) is 10.1 Å². The fourth-order valence-corrected chi connectivity index (χ4v) is 2.66. The van der Waals surface area contributed by atoms with Crippen molar-refractivity contribution in [3.63, 3.8) is 0 Å². The predicted octanol–water partition coefficient (Wildman–Crippen LogP) is 3.51. The fraction of sp³-hybridized carbons (Fsp3) is 0.133. The Balaban J connectivity index is 2.21. The lowest BCUT2D eigenvalue weighted by Gasteiger charge is -2.21. The van der Waals surface area contributed by atoms with Crippen molar-refractivity contribution in [2.75, 3.05) is 11.9 Å². The molecule has 0 bridgehead atoms. The van der Waals surface area contributed by atoms with Crippen LogP contribution in [0.1, 0.15) is 11.1 Å². The first-order chi connectivity index (χ1) is 9.47. The first kappa shape index (κ1) is 14.5.